The van der Waals surface area contributed by atoms with Gasteiger partial charge in [-0.05, 0) is 30.2 Å². The molecule has 1 saturated carbocycles. The Balaban J connectivity index is 2.00. The topological polar surface area (TPSA) is 12.0 Å². The van der Waals surface area contributed by atoms with Crippen LogP contribution in [0, 0.1) is 5.92 Å². The van der Waals surface area contributed by atoms with Crippen LogP contribution < -0.4 is 5.32 Å². The third-order valence-corrected chi connectivity index (χ3v) is 3.38. The molecule has 0 saturated heterocycles. The molecule has 1 aliphatic rings. The predicted octanol–water partition coefficient (Wildman–Crippen LogP) is 2.97. The van der Waals surface area contributed by atoms with Crippen LogP contribution in [-0.4, -0.2) is 6.54 Å². The maximum absolute atomic E-state index is 3.73. The summed E-state index contributed by atoms with van der Waals surface area (Å²) in [6, 6.07) is 4.94. The van der Waals surface area contributed by atoms with E-state index in [1.165, 1.54) is 17.7 Å². The number of hydrogen-bond donors (Lipinski definition) is 1. The van der Waals surface area contributed by atoms with Crippen LogP contribution in [0.3, 0.4) is 0 Å². The zero-order valence-corrected chi connectivity index (χ0v) is 8.52. The van der Waals surface area contributed by atoms with Gasteiger partial charge in [-0.25, -0.2) is 0 Å². The molecule has 0 amide bonds. The van der Waals surface area contributed by atoms with Crippen molar-refractivity contribution in [2.24, 2.45) is 5.92 Å². The van der Waals surface area contributed by atoms with Crippen molar-refractivity contribution in [3.8, 4) is 0 Å². The van der Waals surface area contributed by atoms with Crippen LogP contribution >= 0.6 is 11.3 Å². The molecule has 0 aliphatic heterocycles. The van der Waals surface area contributed by atoms with Crippen molar-refractivity contribution < 1.29 is 0 Å². The fourth-order valence-electron chi connectivity index (χ4n) is 1.61. The summed E-state index contributed by atoms with van der Waals surface area (Å²) >= 11 is 1.85. The van der Waals surface area contributed by atoms with Crippen LogP contribution in [0.1, 0.15) is 23.8 Å². The van der Waals surface area contributed by atoms with Crippen LogP contribution in [0.2, 0.25) is 0 Å². The highest BCUT2D eigenvalue weighted by Crippen LogP contribution is 2.42. The van der Waals surface area contributed by atoms with E-state index in [0.29, 0.717) is 6.04 Å². The summed E-state index contributed by atoms with van der Waals surface area (Å²) in [5, 5.41) is 5.68. The number of thiophene rings is 1. The van der Waals surface area contributed by atoms with E-state index in [9.17, 15) is 0 Å². The van der Waals surface area contributed by atoms with Gasteiger partial charge in [0.2, 0.25) is 0 Å². The van der Waals surface area contributed by atoms with Crippen molar-refractivity contribution in [2.75, 3.05) is 6.54 Å². The summed E-state index contributed by atoms with van der Waals surface area (Å²) in [5.41, 5.74) is 0. The van der Waals surface area contributed by atoms with Crippen LogP contribution in [0.5, 0.6) is 0 Å². The van der Waals surface area contributed by atoms with Gasteiger partial charge in [0.05, 0.1) is 0 Å². The maximum Gasteiger partial charge on any atom is 0.0445 e. The third-order valence-electron chi connectivity index (χ3n) is 2.43. The molecule has 0 radical (unpaired) electrons. The van der Waals surface area contributed by atoms with Gasteiger partial charge in [0.1, 0.15) is 0 Å². The molecule has 1 aliphatic carbocycles. The monoisotopic (exact) mass is 193 g/mol. The molecule has 2 heteroatoms. The molecule has 1 aromatic heterocycles. The second-order valence-corrected chi connectivity index (χ2v) is 4.51. The van der Waals surface area contributed by atoms with Gasteiger partial charge >= 0.3 is 0 Å². The molecule has 13 heavy (non-hydrogen) atoms. The van der Waals surface area contributed by atoms with E-state index in [1.807, 2.05) is 17.4 Å². The molecule has 70 valence electrons. The van der Waals surface area contributed by atoms with Crippen LogP contribution in [0.25, 0.3) is 0 Å². The van der Waals surface area contributed by atoms with E-state index in [2.05, 4.69) is 29.4 Å². The molecule has 1 unspecified atom stereocenters. The first-order valence-corrected chi connectivity index (χ1v) is 5.67. The Kier molecular flexibility index (Phi) is 2.81. The fraction of sp³-hybridized carbons (Fsp3) is 0.455. The Labute approximate surface area is 83.5 Å². The lowest BCUT2D eigenvalue weighted by molar-refractivity contribution is 0.516. The first kappa shape index (κ1) is 8.97. The molecule has 1 atom stereocenters. The minimum Gasteiger partial charge on any atom is -0.306 e. The zero-order valence-electron chi connectivity index (χ0n) is 7.70. The molecule has 0 spiro atoms. The van der Waals surface area contributed by atoms with Gasteiger partial charge in [0, 0.05) is 17.5 Å². The Morgan fingerprint density at radius 1 is 1.69 bits per heavy atom. The lowest BCUT2D eigenvalue weighted by Gasteiger charge is -2.15. The van der Waals surface area contributed by atoms with Crippen molar-refractivity contribution in [3.63, 3.8) is 0 Å². The molecule has 0 bridgehead atoms. The smallest absolute Gasteiger partial charge is 0.0445 e. The molecule has 1 nitrogen and oxygen atoms in total. The van der Waals surface area contributed by atoms with Crippen molar-refractivity contribution in [3.05, 3.63) is 35.0 Å². The Hall–Kier alpha value is -0.600. The van der Waals surface area contributed by atoms with Crippen LogP contribution in [-0.2, 0) is 0 Å². The fourth-order valence-corrected chi connectivity index (χ4v) is 2.50. The summed E-state index contributed by atoms with van der Waals surface area (Å²) in [7, 11) is 0. The first-order chi connectivity index (χ1) is 6.42. The van der Waals surface area contributed by atoms with E-state index < -0.39 is 0 Å². The van der Waals surface area contributed by atoms with Gasteiger partial charge in [0.25, 0.3) is 0 Å². The standard InChI is InChI=1S/C11H15NS/c1-2-7-12-11(9-5-6-9)10-4-3-8-13-10/h2-4,8-9,11-12H,1,5-7H2. The van der Waals surface area contributed by atoms with Crippen LogP contribution in [0.4, 0.5) is 0 Å². The van der Waals surface area contributed by atoms with Crippen molar-refractivity contribution >= 4 is 11.3 Å². The normalized spacial score (nSPS) is 18.5. The van der Waals surface area contributed by atoms with Crippen molar-refractivity contribution in [1.29, 1.82) is 0 Å². The summed E-state index contributed by atoms with van der Waals surface area (Å²) < 4.78 is 0. The minimum absolute atomic E-state index is 0.581. The average molecular weight is 193 g/mol. The van der Waals surface area contributed by atoms with E-state index in [4.69, 9.17) is 0 Å². The molecule has 2 rings (SSSR count). The highest BCUT2D eigenvalue weighted by molar-refractivity contribution is 7.10. The molecule has 0 aromatic carbocycles. The predicted molar refractivity (Wildman–Crippen MR) is 58.0 cm³/mol. The van der Waals surface area contributed by atoms with E-state index in [1.54, 1.807) is 0 Å². The van der Waals surface area contributed by atoms with Gasteiger partial charge in [-0.15, -0.1) is 17.9 Å². The Bertz CT molecular complexity index is 262. The maximum atomic E-state index is 3.73. The van der Waals surface area contributed by atoms with E-state index in [-0.39, 0.29) is 0 Å². The van der Waals surface area contributed by atoms with Gasteiger partial charge < -0.3 is 5.32 Å². The third kappa shape index (κ3) is 2.20. The van der Waals surface area contributed by atoms with E-state index >= 15 is 0 Å². The summed E-state index contributed by atoms with van der Waals surface area (Å²) in [6.07, 6.45) is 4.70. The zero-order chi connectivity index (χ0) is 9.10. The lowest BCUT2D eigenvalue weighted by atomic mass is 10.1. The van der Waals surface area contributed by atoms with Gasteiger partial charge in [-0.3, -0.25) is 0 Å². The highest BCUT2D eigenvalue weighted by Gasteiger charge is 2.32. The quantitative estimate of drug-likeness (QED) is 0.709. The van der Waals surface area contributed by atoms with Crippen molar-refractivity contribution in [2.45, 2.75) is 18.9 Å². The number of hydrogen-bond acceptors (Lipinski definition) is 2. The Morgan fingerprint density at radius 2 is 2.54 bits per heavy atom. The highest BCUT2D eigenvalue weighted by atomic mass is 32.1. The largest absolute Gasteiger partial charge is 0.306 e. The lowest BCUT2D eigenvalue weighted by Crippen LogP contribution is -2.22. The number of nitrogens with one attached hydrogen (secondary N) is 1. The first-order valence-electron chi connectivity index (χ1n) is 4.79. The average Bonchev–Trinajstić information content (AvgIpc) is 2.82. The second kappa shape index (κ2) is 4.07. The summed E-state index contributed by atoms with van der Waals surface area (Å²) in [5.74, 6) is 0.874. The van der Waals surface area contributed by atoms with Gasteiger partial charge in [0.15, 0.2) is 0 Å². The van der Waals surface area contributed by atoms with Crippen molar-refractivity contribution in [1.82, 2.24) is 5.32 Å². The van der Waals surface area contributed by atoms with E-state index in [0.717, 1.165) is 12.5 Å². The molecule has 1 fully saturated rings. The van der Waals surface area contributed by atoms with Gasteiger partial charge in [-0.2, -0.15) is 0 Å². The molecule has 1 N–H and O–H groups in total. The summed E-state index contributed by atoms with van der Waals surface area (Å²) in [4.78, 5) is 1.48. The summed E-state index contributed by atoms with van der Waals surface area (Å²) in [6.45, 7) is 4.65. The number of rotatable bonds is 5. The van der Waals surface area contributed by atoms with Crippen LogP contribution in [0.15, 0.2) is 30.2 Å². The molecule has 1 aromatic rings. The SMILES string of the molecule is C=CCNC(c1cccs1)C1CC1. The molecular weight excluding hydrogens is 178 g/mol. The minimum atomic E-state index is 0.581. The molecule has 1 heterocycles. The van der Waals surface area contributed by atoms with Gasteiger partial charge in [-0.1, -0.05) is 12.1 Å². The Morgan fingerprint density at radius 3 is 3.08 bits per heavy atom. The second-order valence-electron chi connectivity index (χ2n) is 3.53. The molecular formula is C11H15NS.